The van der Waals surface area contributed by atoms with Gasteiger partial charge in [-0.3, -0.25) is 0 Å². The maximum Gasteiger partial charge on any atom is 0.345 e. The number of unbranched alkanes of at least 4 members (excludes halogenated alkanes) is 4. The van der Waals surface area contributed by atoms with Crippen LogP contribution in [0.2, 0.25) is 0 Å². The van der Waals surface area contributed by atoms with Gasteiger partial charge in [-0.05, 0) is 24.5 Å². The lowest BCUT2D eigenvalue weighted by atomic mass is 9.93. The second-order valence-corrected chi connectivity index (χ2v) is 6.27. The molecule has 0 aliphatic carbocycles. The number of esters is 1. The van der Waals surface area contributed by atoms with Gasteiger partial charge in [-0.15, -0.1) is 0 Å². The molecule has 1 atom stereocenters. The third-order valence-electron chi connectivity index (χ3n) is 4.61. The van der Waals surface area contributed by atoms with Crippen molar-refractivity contribution >= 4 is 5.97 Å². The van der Waals surface area contributed by atoms with Crippen LogP contribution in [0.4, 0.5) is 0 Å². The van der Waals surface area contributed by atoms with E-state index in [0.29, 0.717) is 17.9 Å². The van der Waals surface area contributed by atoms with E-state index in [1.165, 1.54) is 39.9 Å². The van der Waals surface area contributed by atoms with Crippen molar-refractivity contribution in [1.82, 2.24) is 0 Å². The van der Waals surface area contributed by atoms with Crippen molar-refractivity contribution in [2.24, 2.45) is 0 Å². The predicted octanol–water partition coefficient (Wildman–Crippen LogP) is 3.99. The first-order valence-electron chi connectivity index (χ1n) is 8.73. The van der Waals surface area contributed by atoms with Gasteiger partial charge >= 0.3 is 5.97 Å². The molecule has 2 rings (SSSR count). The summed E-state index contributed by atoms with van der Waals surface area (Å²) in [7, 11) is 2.77. The quantitative estimate of drug-likeness (QED) is 0.574. The molecule has 0 saturated carbocycles. The molecule has 134 valence electrons. The molecule has 0 bridgehead atoms. The lowest BCUT2D eigenvalue weighted by Gasteiger charge is -2.27. The van der Waals surface area contributed by atoms with E-state index in [-0.39, 0.29) is 17.4 Å². The summed E-state index contributed by atoms with van der Waals surface area (Å²) in [6.07, 6.45) is 8.10. The molecule has 24 heavy (non-hydrogen) atoms. The molecule has 1 unspecified atom stereocenters. The third-order valence-corrected chi connectivity index (χ3v) is 4.61. The molecule has 1 aromatic rings. The molecule has 1 aliphatic heterocycles. The van der Waals surface area contributed by atoms with Crippen LogP contribution in [0, 0.1) is 0 Å². The monoisotopic (exact) mass is 336 g/mol. The largest absolute Gasteiger partial charge is 0.507 e. The number of phenols is 1. The first-order valence-corrected chi connectivity index (χ1v) is 8.73. The van der Waals surface area contributed by atoms with Crippen LogP contribution in [-0.4, -0.2) is 31.4 Å². The zero-order chi connectivity index (χ0) is 17.5. The highest BCUT2D eigenvalue weighted by molar-refractivity contribution is 5.96. The summed E-state index contributed by atoms with van der Waals surface area (Å²) >= 11 is 0. The van der Waals surface area contributed by atoms with Gasteiger partial charge < -0.3 is 19.3 Å². The first-order chi connectivity index (χ1) is 11.6. The van der Waals surface area contributed by atoms with E-state index in [2.05, 4.69) is 6.92 Å². The first kappa shape index (κ1) is 18.6. The van der Waals surface area contributed by atoms with Crippen LogP contribution in [-0.2, 0) is 22.5 Å². The average Bonchev–Trinajstić information content (AvgIpc) is 2.60. The Bertz CT molecular complexity index is 567. The summed E-state index contributed by atoms with van der Waals surface area (Å²) in [5.41, 5.74) is 1.72. The molecule has 5 heteroatoms. The van der Waals surface area contributed by atoms with Crippen LogP contribution in [0.1, 0.15) is 66.9 Å². The van der Waals surface area contributed by atoms with Crippen LogP contribution in [0.3, 0.4) is 0 Å². The van der Waals surface area contributed by atoms with Crippen LogP contribution in [0.15, 0.2) is 6.07 Å². The van der Waals surface area contributed by atoms with Gasteiger partial charge in [0.1, 0.15) is 17.1 Å². The van der Waals surface area contributed by atoms with Crippen molar-refractivity contribution in [3.8, 4) is 11.5 Å². The molecular formula is C19H28O5. The number of aromatic hydroxyl groups is 1. The minimum absolute atomic E-state index is 0.0698. The number of ether oxygens (including phenoxy) is 3. The SMILES string of the molecule is CCCCCCCC1Cc2cc(OC)c(C(=O)OC)c(O)c2CO1. The maximum atomic E-state index is 11.9. The number of fused-ring (bicyclic) bond motifs is 1. The fraction of sp³-hybridized carbons (Fsp3) is 0.632. The zero-order valence-electron chi connectivity index (χ0n) is 14.9. The Morgan fingerprint density at radius 1 is 1.29 bits per heavy atom. The number of carbonyl (C=O) groups is 1. The van der Waals surface area contributed by atoms with E-state index in [0.717, 1.165) is 24.8 Å². The van der Waals surface area contributed by atoms with Crippen molar-refractivity contribution in [1.29, 1.82) is 0 Å². The van der Waals surface area contributed by atoms with Gasteiger partial charge in [0.05, 0.1) is 26.9 Å². The minimum atomic E-state index is -0.606. The Morgan fingerprint density at radius 3 is 2.71 bits per heavy atom. The number of hydrogen-bond donors (Lipinski definition) is 1. The molecule has 0 aromatic heterocycles. The fourth-order valence-electron chi connectivity index (χ4n) is 3.21. The second kappa shape index (κ2) is 8.92. The highest BCUT2D eigenvalue weighted by Gasteiger charge is 2.28. The van der Waals surface area contributed by atoms with Crippen LogP contribution in [0.5, 0.6) is 11.5 Å². The van der Waals surface area contributed by atoms with Gasteiger partial charge in [-0.2, -0.15) is 0 Å². The molecule has 0 amide bonds. The van der Waals surface area contributed by atoms with E-state index < -0.39 is 5.97 Å². The Morgan fingerprint density at radius 2 is 2.04 bits per heavy atom. The molecule has 1 heterocycles. The lowest BCUT2D eigenvalue weighted by Crippen LogP contribution is -2.23. The molecule has 1 N–H and O–H groups in total. The van der Waals surface area contributed by atoms with Crippen molar-refractivity contribution < 1.29 is 24.1 Å². The predicted molar refractivity (Wildman–Crippen MR) is 91.7 cm³/mol. The van der Waals surface area contributed by atoms with Gasteiger partial charge in [0, 0.05) is 5.56 Å². The Kier molecular flexibility index (Phi) is 6.91. The van der Waals surface area contributed by atoms with Gasteiger partial charge in [-0.25, -0.2) is 4.79 Å². The summed E-state index contributed by atoms with van der Waals surface area (Å²) in [4.78, 5) is 11.9. The average molecular weight is 336 g/mol. The molecule has 5 nitrogen and oxygen atoms in total. The number of methoxy groups -OCH3 is 2. The van der Waals surface area contributed by atoms with Crippen molar-refractivity contribution in [3.63, 3.8) is 0 Å². The number of rotatable bonds is 8. The van der Waals surface area contributed by atoms with Crippen LogP contribution < -0.4 is 4.74 Å². The van der Waals surface area contributed by atoms with Gasteiger partial charge in [0.2, 0.25) is 0 Å². The molecule has 0 spiro atoms. The Hall–Kier alpha value is -1.75. The summed E-state index contributed by atoms with van der Waals surface area (Å²) in [6.45, 7) is 2.53. The lowest BCUT2D eigenvalue weighted by molar-refractivity contribution is 0.0202. The summed E-state index contributed by atoms with van der Waals surface area (Å²) < 4.78 is 15.9. The molecule has 0 fully saturated rings. The highest BCUT2D eigenvalue weighted by atomic mass is 16.5. The number of hydrogen-bond acceptors (Lipinski definition) is 5. The number of benzene rings is 1. The normalized spacial score (nSPS) is 16.5. The number of phenolic OH excluding ortho intramolecular Hbond substituents is 1. The topological polar surface area (TPSA) is 65.0 Å². The number of carbonyl (C=O) groups excluding carboxylic acids is 1. The highest BCUT2D eigenvalue weighted by Crippen LogP contribution is 2.38. The third kappa shape index (κ3) is 4.20. The Labute approximate surface area is 143 Å². The second-order valence-electron chi connectivity index (χ2n) is 6.27. The van der Waals surface area contributed by atoms with E-state index in [4.69, 9.17) is 14.2 Å². The van der Waals surface area contributed by atoms with Gasteiger partial charge in [-0.1, -0.05) is 39.0 Å². The van der Waals surface area contributed by atoms with Crippen LogP contribution >= 0.6 is 0 Å². The summed E-state index contributed by atoms with van der Waals surface area (Å²) in [5.74, 6) is -0.343. The summed E-state index contributed by atoms with van der Waals surface area (Å²) in [5, 5.41) is 10.4. The van der Waals surface area contributed by atoms with Crippen LogP contribution in [0.25, 0.3) is 0 Å². The molecular weight excluding hydrogens is 308 g/mol. The fourth-order valence-corrected chi connectivity index (χ4v) is 3.21. The Balaban J connectivity index is 2.09. The van der Waals surface area contributed by atoms with Gasteiger partial charge in [0.25, 0.3) is 0 Å². The van der Waals surface area contributed by atoms with Crippen molar-refractivity contribution in [2.45, 2.75) is 64.6 Å². The van der Waals surface area contributed by atoms with Gasteiger partial charge in [0.15, 0.2) is 0 Å². The molecule has 1 aliphatic rings. The van der Waals surface area contributed by atoms with E-state index in [1.807, 2.05) is 6.07 Å². The zero-order valence-corrected chi connectivity index (χ0v) is 14.9. The van der Waals surface area contributed by atoms with E-state index in [1.54, 1.807) is 0 Å². The molecule has 0 radical (unpaired) electrons. The summed E-state index contributed by atoms with van der Waals surface area (Å²) in [6, 6.07) is 1.83. The van der Waals surface area contributed by atoms with E-state index in [9.17, 15) is 9.90 Å². The minimum Gasteiger partial charge on any atom is -0.507 e. The van der Waals surface area contributed by atoms with Crippen molar-refractivity contribution in [3.05, 3.63) is 22.8 Å². The van der Waals surface area contributed by atoms with Crippen molar-refractivity contribution in [2.75, 3.05) is 14.2 Å². The smallest absolute Gasteiger partial charge is 0.345 e. The maximum absolute atomic E-state index is 11.9. The molecule has 1 aromatic carbocycles. The standard InChI is InChI=1S/C19H28O5/c1-4-5-6-7-8-9-14-10-13-11-16(22-2)17(19(21)23-3)18(20)15(13)12-24-14/h11,14,20H,4-10,12H2,1-3H3. The molecule has 0 saturated heterocycles. The van der Waals surface area contributed by atoms with E-state index >= 15 is 0 Å².